The Balaban J connectivity index is 1.66. The Morgan fingerprint density at radius 1 is 0.829 bits per heavy atom. The van der Waals surface area contributed by atoms with Crippen LogP contribution in [-0.4, -0.2) is 33.7 Å². The summed E-state index contributed by atoms with van der Waals surface area (Å²) in [6.45, 7) is 0.441. The average molecular weight is 698 g/mol. The Hall–Kier alpha value is -1.95. The van der Waals surface area contributed by atoms with Gasteiger partial charge >= 0.3 is 5.89 Å². The molecule has 4 rings (SSSR count). The van der Waals surface area contributed by atoms with Crippen molar-refractivity contribution in [3.05, 3.63) is 84.0 Å². The fourth-order valence-electron chi connectivity index (χ4n) is 3.82. The third-order valence-electron chi connectivity index (χ3n) is 5.63. The SMILES string of the molecule is O=S(=O)(O)CCCC[n+]1c(C=CC=Cc2nc(C(Cl)(Cl)Cl)nc(C(Cl)(Cl)Cl)n2)oc2ccc(-c3ccccc3)cc21. The normalized spacial score (nSPS) is 13.1. The zero-order valence-corrected chi connectivity index (χ0v) is 26.2. The van der Waals surface area contributed by atoms with Gasteiger partial charge in [0.25, 0.3) is 15.6 Å². The van der Waals surface area contributed by atoms with Crippen molar-refractivity contribution in [2.75, 3.05) is 5.75 Å². The van der Waals surface area contributed by atoms with E-state index >= 15 is 0 Å². The maximum atomic E-state index is 11.2. The van der Waals surface area contributed by atoms with Crippen LogP contribution in [0.3, 0.4) is 0 Å². The molecule has 0 radical (unpaired) electrons. The second-order valence-corrected chi connectivity index (χ2v) is 14.8. The van der Waals surface area contributed by atoms with Crippen molar-refractivity contribution in [3.8, 4) is 11.1 Å². The van der Waals surface area contributed by atoms with Crippen molar-refractivity contribution in [1.29, 1.82) is 0 Å². The Labute approximate surface area is 266 Å². The highest BCUT2D eigenvalue weighted by molar-refractivity contribution is 7.85. The minimum Gasteiger partial charge on any atom is -0.398 e. The largest absolute Gasteiger partial charge is 0.398 e. The summed E-state index contributed by atoms with van der Waals surface area (Å²) >= 11 is 35.6. The van der Waals surface area contributed by atoms with Crippen molar-refractivity contribution in [3.63, 3.8) is 0 Å². The van der Waals surface area contributed by atoms with E-state index in [1.54, 1.807) is 18.2 Å². The van der Waals surface area contributed by atoms with Crippen LogP contribution < -0.4 is 4.57 Å². The van der Waals surface area contributed by atoms with Crippen LogP contribution in [0.2, 0.25) is 0 Å². The summed E-state index contributed by atoms with van der Waals surface area (Å²) in [4.78, 5) is 12.2. The van der Waals surface area contributed by atoms with E-state index < -0.39 is 17.7 Å². The molecule has 0 aliphatic rings. The fourth-order valence-corrected chi connectivity index (χ4v) is 4.90. The fraction of sp³-hybridized carbons (Fsp3) is 0.231. The van der Waals surface area contributed by atoms with Crippen LogP contribution >= 0.6 is 69.6 Å². The number of benzene rings is 2. The van der Waals surface area contributed by atoms with Crippen LogP contribution in [0.5, 0.6) is 0 Å². The molecular weight excluding hydrogens is 677 g/mol. The van der Waals surface area contributed by atoms with Gasteiger partial charge in [0.2, 0.25) is 13.2 Å². The van der Waals surface area contributed by atoms with Gasteiger partial charge in [0.05, 0.1) is 11.8 Å². The quantitative estimate of drug-likeness (QED) is 0.0630. The summed E-state index contributed by atoms with van der Waals surface area (Å²) in [5.74, 6) is -0.164. The van der Waals surface area contributed by atoms with Crippen LogP contribution in [0.4, 0.5) is 0 Å². The summed E-state index contributed by atoms with van der Waals surface area (Å²) < 4.78 is 35.5. The summed E-state index contributed by atoms with van der Waals surface area (Å²) in [5, 5.41) is 0. The molecule has 0 saturated carbocycles. The molecule has 0 aliphatic heterocycles. The van der Waals surface area contributed by atoms with Gasteiger partial charge in [-0.3, -0.25) is 4.55 Å². The van der Waals surface area contributed by atoms with Crippen molar-refractivity contribution < 1.29 is 22.0 Å². The summed E-state index contributed by atoms with van der Waals surface area (Å²) in [5.41, 5.74) is 3.49. The van der Waals surface area contributed by atoms with Gasteiger partial charge in [0, 0.05) is 12.5 Å². The van der Waals surface area contributed by atoms with Gasteiger partial charge in [-0.25, -0.2) is 15.0 Å². The third-order valence-corrected chi connectivity index (χ3v) is 7.45. The van der Waals surface area contributed by atoms with E-state index in [1.807, 2.05) is 53.1 Å². The predicted molar refractivity (Wildman–Crippen MR) is 164 cm³/mol. The molecule has 1 N–H and O–H groups in total. The van der Waals surface area contributed by atoms with Crippen molar-refractivity contribution in [2.45, 2.75) is 27.0 Å². The molecule has 0 bridgehead atoms. The molecular formula is C26H21Cl6N4O4S+. The molecule has 8 nitrogen and oxygen atoms in total. The Kier molecular flexibility index (Phi) is 10.2. The van der Waals surface area contributed by atoms with Crippen molar-refractivity contribution >= 4 is 103 Å². The summed E-state index contributed by atoms with van der Waals surface area (Å²) in [6, 6.07) is 15.7. The number of rotatable bonds is 9. The van der Waals surface area contributed by atoms with Crippen molar-refractivity contribution in [1.82, 2.24) is 15.0 Å². The van der Waals surface area contributed by atoms with E-state index in [1.165, 1.54) is 6.08 Å². The van der Waals surface area contributed by atoms with Gasteiger partial charge in [-0.1, -0.05) is 118 Å². The van der Waals surface area contributed by atoms with Gasteiger partial charge in [-0.05, 0) is 29.7 Å². The third kappa shape index (κ3) is 9.02. The Bertz CT molecular complexity index is 1670. The van der Waals surface area contributed by atoms with Crippen LogP contribution in [0.25, 0.3) is 34.4 Å². The molecule has 2 aromatic carbocycles. The molecule has 0 fully saturated rings. The lowest BCUT2D eigenvalue weighted by molar-refractivity contribution is -0.678. The lowest BCUT2D eigenvalue weighted by atomic mass is 10.1. The van der Waals surface area contributed by atoms with Crippen LogP contribution in [0.1, 0.15) is 36.2 Å². The number of hydrogen-bond donors (Lipinski definition) is 1. The zero-order chi connectivity index (χ0) is 29.8. The molecule has 15 heteroatoms. The highest BCUT2D eigenvalue weighted by Gasteiger charge is 2.33. The smallest absolute Gasteiger partial charge is 0.374 e. The number of fused-ring (bicyclic) bond motifs is 1. The first-order valence-electron chi connectivity index (χ1n) is 11.9. The van der Waals surface area contributed by atoms with Gasteiger partial charge in [0.15, 0.2) is 24.0 Å². The molecule has 0 aliphatic carbocycles. The van der Waals surface area contributed by atoms with E-state index in [0.717, 1.165) is 16.6 Å². The van der Waals surface area contributed by atoms with E-state index in [2.05, 4.69) is 15.0 Å². The first kappa shape index (κ1) is 32.0. The van der Waals surface area contributed by atoms with Crippen molar-refractivity contribution in [2.24, 2.45) is 0 Å². The highest BCUT2D eigenvalue weighted by Crippen LogP contribution is 2.40. The van der Waals surface area contributed by atoms with Gasteiger partial charge < -0.3 is 4.42 Å². The van der Waals surface area contributed by atoms with Gasteiger partial charge in [0.1, 0.15) is 0 Å². The highest BCUT2D eigenvalue weighted by atomic mass is 35.6. The number of alkyl halides is 6. The number of aryl methyl sites for hydroxylation is 1. The maximum absolute atomic E-state index is 11.2. The Morgan fingerprint density at radius 2 is 1.46 bits per heavy atom. The number of unbranched alkanes of at least 4 members (excludes halogenated alkanes) is 1. The molecule has 4 aromatic rings. The number of hydrogen-bond acceptors (Lipinski definition) is 6. The van der Waals surface area contributed by atoms with Crippen LogP contribution in [0, 0.1) is 0 Å². The zero-order valence-electron chi connectivity index (χ0n) is 20.9. The lowest BCUT2D eigenvalue weighted by Crippen LogP contribution is -2.35. The topological polar surface area (TPSA) is 110 Å². The second kappa shape index (κ2) is 13.1. The van der Waals surface area contributed by atoms with E-state index in [4.69, 9.17) is 78.6 Å². The summed E-state index contributed by atoms with van der Waals surface area (Å²) in [7, 11) is -4.05. The molecule has 2 heterocycles. The molecule has 0 unspecified atom stereocenters. The maximum Gasteiger partial charge on any atom is 0.374 e. The lowest BCUT2D eigenvalue weighted by Gasteiger charge is -2.14. The number of halogens is 6. The van der Waals surface area contributed by atoms with E-state index in [-0.39, 0.29) is 29.6 Å². The molecule has 2 aromatic heterocycles. The average Bonchev–Trinajstić information content (AvgIpc) is 3.24. The first-order valence-corrected chi connectivity index (χ1v) is 15.8. The number of allylic oxidation sites excluding steroid dienone is 2. The van der Waals surface area contributed by atoms with Gasteiger partial charge in [-0.2, -0.15) is 13.0 Å². The Morgan fingerprint density at radius 3 is 2.07 bits per heavy atom. The minimum atomic E-state index is -4.05. The standard InChI is InChI=1S/C26H20Cl6N4O4S/c27-25(28,29)23-33-21(34-24(35-23)26(30,31)32)10-4-5-11-22-36(14-6-7-15-41(37,38)39)19-16-18(12-13-20(19)40-22)17-8-2-1-3-9-17/h1-5,8-13,16H,6-7,14-15H2/p+1. The molecule has 216 valence electrons. The number of aromatic nitrogens is 4. The minimum absolute atomic E-state index is 0.0856. The number of oxazole rings is 1. The van der Waals surface area contributed by atoms with Gasteiger partial charge in [-0.15, -0.1) is 0 Å². The van der Waals surface area contributed by atoms with Crippen LogP contribution in [0.15, 0.2) is 65.1 Å². The summed E-state index contributed by atoms with van der Waals surface area (Å²) in [6.07, 6.45) is 7.27. The second-order valence-electron chi connectivity index (χ2n) is 8.69. The molecule has 0 atom stereocenters. The number of nitrogens with zero attached hydrogens (tertiary/aromatic N) is 4. The molecule has 0 amide bonds. The monoisotopic (exact) mass is 695 g/mol. The van der Waals surface area contributed by atoms with E-state index in [9.17, 15) is 8.42 Å². The molecule has 0 spiro atoms. The van der Waals surface area contributed by atoms with Crippen LogP contribution in [-0.2, 0) is 24.2 Å². The first-order chi connectivity index (χ1) is 19.2. The predicted octanol–water partition coefficient (Wildman–Crippen LogP) is 7.62. The van der Waals surface area contributed by atoms with E-state index in [0.29, 0.717) is 24.4 Å². The molecule has 41 heavy (non-hydrogen) atoms. The molecule has 0 saturated heterocycles.